The van der Waals surface area contributed by atoms with Gasteiger partial charge in [-0.05, 0) is 59.5 Å². The Bertz CT molecular complexity index is 542. The molecule has 0 aliphatic heterocycles. The summed E-state index contributed by atoms with van der Waals surface area (Å²) in [5.41, 5.74) is 0.612. The Balaban J connectivity index is 2.03. The van der Waals surface area contributed by atoms with Crippen molar-refractivity contribution in [2.45, 2.75) is 32.1 Å². The second-order valence-corrected chi connectivity index (χ2v) is 8.38. The van der Waals surface area contributed by atoms with Crippen LogP contribution < -0.4 is 4.72 Å². The number of hydrogen-bond donors (Lipinski definition) is 1. The third-order valence-electron chi connectivity index (χ3n) is 3.38. The van der Waals surface area contributed by atoms with E-state index in [0.717, 1.165) is 29.3 Å². The number of sulfonamides is 1. The molecular weight excluding hydrogens is 397 g/mol. The number of nitrogens with one attached hydrogen (secondary N) is 1. The summed E-state index contributed by atoms with van der Waals surface area (Å²) in [6, 6.07) is 5.16. The minimum absolute atomic E-state index is 0.228. The van der Waals surface area contributed by atoms with Gasteiger partial charge >= 0.3 is 0 Å². The van der Waals surface area contributed by atoms with Gasteiger partial charge in [0.15, 0.2) is 0 Å². The summed E-state index contributed by atoms with van der Waals surface area (Å²) in [5, 5.41) is 0.611. The monoisotopic (exact) mass is 413 g/mol. The highest BCUT2D eigenvalue weighted by atomic mass is 127. The van der Waals surface area contributed by atoms with Crippen LogP contribution in [0.25, 0.3) is 0 Å². The standard InChI is InChI=1S/C13H17ClINO2S/c14-11-6-7-13(12(15)8-11)16-19(17,18)9-10-4-2-1-3-5-10/h6-8,10,16H,1-5,9H2. The lowest BCUT2D eigenvalue weighted by atomic mass is 9.91. The third-order valence-corrected chi connectivity index (χ3v) is 5.95. The van der Waals surface area contributed by atoms with E-state index in [0.29, 0.717) is 16.6 Å². The predicted molar refractivity (Wildman–Crippen MR) is 88.2 cm³/mol. The van der Waals surface area contributed by atoms with E-state index in [1.54, 1.807) is 18.2 Å². The summed E-state index contributed by atoms with van der Waals surface area (Å²) in [6.45, 7) is 0. The summed E-state index contributed by atoms with van der Waals surface area (Å²) < 4.78 is 27.8. The highest BCUT2D eigenvalue weighted by Crippen LogP contribution is 2.27. The van der Waals surface area contributed by atoms with E-state index in [1.165, 1.54) is 6.42 Å². The Morgan fingerprint density at radius 2 is 1.95 bits per heavy atom. The second-order valence-electron chi connectivity index (χ2n) is 5.01. The Hall–Kier alpha value is -0.0100. The Morgan fingerprint density at radius 3 is 2.58 bits per heavy atom. The lowest BCUT2D eigenvalue weighted by molar-refractivity contribution is 0.385. The molecule has 6 heteroatoms. The molecule has 1 aromatic carbocycles. The number of hydrogen-bond acceptors (Lipinski definition) is 2. The molecular formula is C13H17ClINO2S. The van der Waals surface area contributed by atoms with Crippen LogP contribution in [0.1, 0.15) is 32.1 Å². The molecule has 0 spiro atoms. The largest absolute Gasteiger partial charge is 0.282 e. The van der Waals surface area contributed by atoms with Gasteiger partial charge < -0.3 is 0 Å². The molecule has 3 nitrogen and oxygen atoms in total. The van der Waals surface area contributed by atoms with Gasteiger partial charge in [0.1, 0.15) is 0 Å². The van der Waals surface area contributed by atoms with Crippen molar-refractivity contribution >= 4 is 49.9 Å². The number of rotatable bonds is 4. The van der Waals surface area contributed by atoms with Crippen molar-refractivity contribution in [2.24, 2.45) is 5.92 Å². The van der Waals surface area contributed by atoms with Crippen LogP contribution in [0.2, 0.25) is 5.02 Å². The van der Waals surface area contributed by atoms with E-state index in [-0.39, 0.29) is 5.75 Å². The third kappa shape index (κ3) is 4.79. The normalized spacial score (nSPS) is 17.4. The second kappa shape index (κ2) is 6.63. The van der Waals surface area contributed by atoms with Gasteiger partial charge in [0.05, 0.1) is 11.4 Å². The van der Waals surface area contributed by atoms with Crippen molar-refractivity contribution in [3.8, 4) is 0 Å². The zero-order chi connectivity index (χ0) is 13.9. The smallest absolute Gasteiger partial charge is 0.233 e. The molecule has 0 aromatic heterocycles. The average molecular weight is 414 g/mol. The molecule has 1 saturated carbocycles. The topological polar surface area (TPSA) is 46.2 Å². The van der Waals surface area contributed by atoms with Crippen molar-refractivity contribution in [1.82, 2.24) is 0 Å². The molecule has 2 rings (SSSR count). The molecule has 106 valence electrons. The van der Waals surface area contributed by atoms with Gasteiger partial charge in [-0.2, -0.15) is 0 Å². The van der Waals surface area contributed by atoms with Crippen LogP contribution in [0.5, 0.6) is 0 Å². The molecule has 1 fully saturated rings. The summed E-state index contributed by atoms with van der Waals surface area (Å²) >= 11 is 7.95. The molecule has 0 atom stereocenters. The Kier molecular flexibility index (Phi) is 5.37. The number of halogens is 2. The van der Waals surface area contributed by atoms with E-state index in [9.17, 15) is 8.42 Å². The van der Waals surface area contributed by atoms with Gasteiger partial charge in [0.2, 0.25) is 10.0 Å². The average Bonchev–Trinajstić information content (AvgIpc) is 2.33. The Labute approximate surface area is 133 Å². The zero-order valence-electron chi connectivity index (χ0n) is 10.5. The van der Waals surface area contributed by atoms with Crippen LogP contribution in [-0.2, 0) is 10.0 Å². The fourth-order valence-corrected chi connectivity index (χ4v) is 5.19. The summed E-state index contributed by atoms with van der Waals surface area (Å²) in [5.74, 6) is 0.530. The van der Waals surface area contributed by atoms with Gasteiger partial charge in [-0.1, -0.05) is 30.9 Å². The van der Waals surface area contributed by atoms with Gasteiger partial charge in [-0.3, -0.25) is 4.72 Å². The molecule has 0 unspecified atom stereocenters. The van der Waals surface area contributed by atoms with Crippen LogP contribution in [0.15, 0.2) is 18.2 Å². The first-order chi connectivity index (χ1) is 8.96. The van der Waals surface area contributed by atoms with E-state index in [1.807, 2.05) is 0 Å². The van der Waals surface area contributed by atoms with E-state index in [4.69, 9.17) is 11.6 Å². The minimum atomic E-state index is -3.27. The first kappa shape index (κ1) is 15.4. The van der Waals surface area contributed by atoms with Crippen molar-refractivity contribution in [1.29, 1.82) is 0 Å². The lowest BCUT2D eigenvalue weighted by Crippen LogP contribution is -2.24. The van der Waals surface area contributed by atoms with Gasteiger partial charge in [0.25, 0.3) is 0 Å². The van der Waals surface area contributed by atoms with Crippen molar-refractivity contribution in [3.05, 3.63) is 26.8 Å². The molecule has 0 heterocycles. The maximum Gasteiger partial charge on any atom is 0.233 e. The van der Waals surface area contributed by atoms with E-state index in [2.05, 4.69) is 27.3 Å². The summed E-state index contributed by atoms with van der Waals surface area (Å²) in [4.78, 5) is 0. The first-order valence-electron chi connectivity index (χ1n) is 6.42. The molecule has 1 N–H and O–H groups in total. The molecule has 1 aliphatic carbocycles. The zero-order valence-corrected chi connectivity index (χ0v) is 14.3. The molecule has 1 aliphatic rings. The quantitative estimate of drug-likeness (QED) is 0.749. The maximum absolute atomic E-state index is 12.2. The summed E-state index contributed by atoms with van der Waals surface area (Å²) in [7, 11) is -3.27. The molecule has 0 bridgehead atoms. The lowest BCUT2D eigenvalue weighted by Gasteiger charge is -2.21. The molecule has 19 heavy (non-hydrogen) atoms. The number of benzene rings is 1. The van der Waals surface area contributed by atoms with E-state index < -0.39 is 10.0 Å². The first-order valence-corrected chi connectivity index (χ1v) is 9.53. The van der Waals surface area contributed by atoms with Crippen LogP contribution >= 0.6 is 34.2 Å². The molecule has 0 saturated heterocycles. The molecule has 0 amide bonds. The van der Waals surface area contributed by atoms with Crippen LogP contribution in [0.3, 0.4) is 0 Å². The van der Waals surface area contributed by atoms with Crippen LogP contribution in [0.4, 0.5) is 5.69 Å². The molecule has 1 aromatic rings. The van der Waals surface area contributed by atoms with Gasteiger partial charge in [0, 0.05) is 8.59 Å². The predicted octanol–water partition coefficient (Wildman–Crippen LogP) is 4.27. The Morgan fingerprint density at radius 1 is 1.26 bits per heavy atom. The van der Waals surface area contributed by atoms with Crippen molar-refractivity contribution in [2.75, 3.05) is 10.5 Å². The summed E-state index contributed by atoms with van der Waals surface area (Å²) in [6.07, 6.45) is 5.59. The van der Waals surface area contributed by atoms with Crippen molar-refractivity contribution in [3.63, 3.8) is 0 Å². The van der Waals surface area contributed by atoms with Crippen molar-refractivity contribution < 1.29 is 8.42 Å². The SMILES string of the molecule is O=S(=O)(CC1CCCCC1)Nc1ccc(Cl)cc1I. The highest BCUT2D eigenvalue weighted by Gasteiger charge is 2.21. The molecule has 0 radical (unpaired) electrons. The van der Waals surface area contributed by atoms with Crippen LogP contribution in [0, 0.1) is 9.49 Å². The minimum Gasteiger partial charge on any atom is -0.282 e. The van der Waals surface area contributed by atoms with Gasteiger partial charge in [-0.15, -0.1) is 0 Å². The van der Waals surface area contributed by atoms with Crippen LogP contribution in [-0.4, -0.2) is 14.2 Å². The van der Waals surface area contributed by atoms with Gasteiger partial charge in [-0.25, -0.2) is 8.42 Å². The fourth-order valence-electron chi connectivity index (χ4n) is 2.45. The highest BCUT2D eigenvalue weighted by molar-refractivity contribution is 14.1. The fraction of sp³-hybridized carbons (Fsp3) is 0.538. The number of anilines is 1. The van der Waals surface area contributed by atoms with E-state index >= 15 is 0 Å². The maximum atomic E-state index is 12.2.